The number of nitrogens with one attached hydrogen (secondary N) is 2. The van der Waals surface area contributed by atoms with E-state index < -0.39 is 0 Å². The molecule has 1 aliphatic heterocycles. The molecule has 0 aliphatic carbocycles. The number of anilines is 2. The number of carbonyl (C=O) groups excluding carboxylic acids is 1. The summed E-state index contributed by atoms with van der Waals surface area (Å²) in [5.74, 6) is 0.912. The third kappa shape index (κ3) is 2.88. The van der Waals surface area contributed by atoms with Crippen LogP contribution in [0.5, 0.6) is 0 Å². The Morgan fingerprint density at radius 1 is 1.32 bits per heavy atom. The molecule has 2 aromatic heterocycles. The van der Waals surface area contributed by atoms with Gasteiger partial charge in [0.15, 0.2) is 5.82 Å². The highest BCUT2D eigenvalue weighted by Crippen LogP contribution is 2.29. The Hall–Kier alpha value is -3.09. The lowest BCUT2D eigenvalue weighted by molar-refractivity contribution is -0.129. The van der Waals surface area contributed by atoms with Gasteiger partial charge in [-0.1, -0.05) is 12.1 Å². The second kappa shape index (κ2) is 6.08. The Labute approximate surface area is 145 Å². The number of amides is 1. The molecular formula is C18H20N6O. The molecule has 25 heavy (non-hydrogen) atoms. The normalized spacial score (nSPS) is 13.6. The molecule has 7 nitrogen and oxygen atoms in total. The molecule has 0 bridgehead atoms. The molecule has 0 spiro atoms. The highest BCUT2D eigenvalue weighted by molar-refractivity contribution is 5.74. The van der Waals surface area contributed by atoms with E-state index in [-0.39, 0.29) is 5.91 Å². The standard InChI is InChI=1S/C18H20N6O/c1-12(25)24-7-6-17-16(11-24)18(22-23(17)2)21-15-5-3-4-13(8-15)14-9-19-20-10-14/h3-5,8-10H,6-7,11H2,1-2H3,(H,19,20)(H,21,22). The predicted octanol–water partition coefficient (Wildman–Crippen LogP) is 2.46. The monoisotopic (exact) mass is 336 g/mol. The molecule has 0 saturated heterocycles. The van der Waals surface area contributed by atoms with E-state index in [9.17, 15) is 4.79 Å². The van der Waals surface area contributed by atoms with Crippen molar-refractivity contribution in [2.45, 2.75) is 19.9 Å². The van der Waals surface area contributed by atoms with Crippen LogP contribution in [0.4, 0.5) is 11.5 Å². The van der Waals surface area contributed by atoms with Crippen LogP contribution in [0.3, 0.4) is 0 Å². The fraction of sp³-hybridized carbons (Fsp3) is 0.278. The van der Waals surface area contributed by atoms with Gasteiger partial charge in [0.25, 0.3) is 0 Å². The Morgan fingerprint density at radius 2 is 2.20 bits per heavy atom. The molecule has 128 valence electrons. The number of aryl methyl sites for hydroxylation is 1. The largest absolute Gasteiger partial charge is 0.338 e. The van der Waals surface area contributed by atoms with Crippen molar-refractivity contribution in [2.24, 2.45) is 7.05 Å². The van der Waals surface area contributed by atoms with E-state index in [1.165, 1.54) is 5.69 Å². The van der Waals surface area contributed by atoms with Gasteiger partial charge in [0, 0.05) is 55.6 Å². The summed E-state index contributed by atoms with van der Waals surface area (Å²) < 4.78 is 1.91. The molecular weight excluding hydrogens is 316 g/mol. The van der Waals surface area contributed by atoms with Crippen LogP contribution in [0.2, 0.25) is 0 Å². The first-order valence-corrected chi connectivity index (χ1v) is 8.28. The van der Waals surface area contributed by atoms with Crippen LogP contribution in [0.1, 0.15) is 18.2 Å². The first-order valence-electron chi connectivity index (χ1n) is 8.28. The number of rotatable bonds is 3. The highest BCUT2D eigenvalue weighted by atomic mass is 16.2. The van der Waals surface area contributed by atoms with Gasteiger partial charge in [-0.15, -0.1) is 0 Å². The number of carbonyl (C=O) groups is 1. The third-order valence-electron chi connectivity index (χ3n) is 4.64. The van der Waals surface area contributed by atoms with Gasteiger partial charge in [-0.05, 0) is 17.7 Å². The minimum absolute atomic E-state index is 0.0995. The van der Waals surface area contributed by atoms with Crippen molar-refractivity contribution < 1.29 is 4.79 Å². The molecule has 0 fully saturated rings. The maximum atomic E-state index is 11.7. The van der Waals surface area contributed by atoms with E-state index in [1.807, 2.05) is 41.0 Å². The predicted molar refractivity (Wildman–Crippen MR) is 95.3 cm³/mol. The molecule has 0 saturated carbocycles. The SMILES string of the molecule is CC(=O)N1CCc2c(c(Nc3cccc(-c4cn[nH]c4)c3)nn2C)C1. The van der Waals surface area contributed by atoms with E-state index in [4.69, 9.17) is 0 Å². The second-order valence-electron chi connectivity index (χ2n) is 6.28. The van der Waals surface area contributed by atoms with Gasteiger partial charge >= 0.3 is 0 Å². The summed E-state index contributed by atoms with van der Waals surface area (Å²) in [4.78, 5) is 13.6. The zero-order valence-corrected chi connectivity index (χ0v) is 14.3. The van der Waals surface area contributed by atoms with Crippen molar-refractivity contribution in [3.05, 3.63) is 47.9 Å². The molecule has 2 N–H and O–H groups in total. The average molecular weight is 336 g/mol. The van der Waals surface area contributed by atoms with E-state index in [1.54, 1.807) is 13.1 Å². The smallest absolute Gasteiger partial charge is 0.219 e. The van der Waals surface area contributed by atoms with Crippen molar-refractivity contribution in [1.82, 2.24) is 24.9 Å². The summed E-state index contributed by atoms with van der Waals surface area (Å²) in [6.45, 7) is 2.96. The zero-order valence-electron chi connectivity index (χ0n) is 14.3. The molecule has 0 unspecified atom stereocenters. The van der Waals surface area contributed by atoms with Crippen molar-refractivity contribution in [3.8, 4) is 11.1 Å². The molecule has 1 aromatic carbocycles. The summed E-state index contributed by atoms with van der Waals surface area (Å²) >= 11 is 0. The maximum Gasteiger partial charge on any atom is 0.219 e. The first kappa shape index (κ1) is 15.4. The molecule has 1 amide bonds. The number of H-pyrrole nitrogens is 1. The van der Waals surface area contributed by atoms with E-state index in [0.29, 0.717) is 6.54 Å². The molecule has 1 aliphatic rings. The van der Waals surface area contributed by atoms with Crippen molar-refractivity contribution in [1.29, 1.82) is 0 Å². The minimum atomic E-state index is 0.0995. The van der Waals surface area contributed by atoms with Crippen LogP contribution in [0.25, 0.3) is 11.1 Å². The molecule has 0 radical (unpaired) electrons. The van der Waals surface area contributed by atoms with Crippen LogP contribution < -0.4 is 5.32 Å². The van der Waals surface area contributed by atoms with E-state index >= 15 is 0 Å². The minimum Gasteiger partial charge on any atom is -0.338 e. The van der Waals surface area contributed by atoms with Gasteiger partial charge in [0.2, 0.25) is 5.91 Å². The number of hydrogen-bond donors (Lipinski definition) is 2. The van der Waals surface area contributed by atoms with Gasteiger partial charge in [0.05, 0.1) is 12.7 Å². The van der Waals surface area contributed by atoms with Crippen molar-refractivity contribution >= 4 is 17.4 Å². The fourth-order valence-corrected chi connectivity index (χ4v) is 3.28. The molecule has 0 atom stereocenters. The third-order valence-corrected chi connectivity index (χ3v) is 4.64. The Bertz CT molecular complexity index is 912. The molecule has 3 heterocycles. The number of aromatic amines is 1. The second-order valence-corrected chi connectivity index (χ2v) is 6.28. The topological polar surface area (TPSA) is 78.8 Å². The lowest BCUT2D eigenvalue weighted by Crippen LogP contribution is -2.34. The summed E-state index contributed by atoms with van der Waals surface area (Å²) in [5, 5.41) is 14.9. The Balaban J connectivity index is 1.64. The Kier molecular flexibility index (Phi) is 3.76. The average Bonchev–Trinajstić information content (AvgIpc) is 3.24. The summed E-state index contributed by atoms with van der Waals surface area (Å²) in [5.41, 5.74) is 5.35. The number of aromatic nitrogens is 4. The van der Waals surface area contributed by atoms with Crippen molar-refractivity contribution in [3.63, 3.8) is 0 Å². The maximum absolute atomic E-state index is 11.7. The number of hydrogen-bond acceptors (Lipinski definition) is 4. The molecule has 3 aromatic rings. The van der Waals surface area contributed by atoms with Crippen LogP contribution >= 0.6 is 0 Å². The lowest BCUT2D eigenvalue weighted by Gasteiger charge is -2.26. The van der Waals surface area contributed by atoms with Crippen LogP contribution in [0.15, 0.2) is 36.7 Å². The zero-order chi connectivity index (χ0) is 17.4. The quantitative estimate of drug-likeness (QED) is 0.770. The summed E-state index contributed by atoms with van der Waals surface area (Å²) in [7, 11) is 1.95. The van der Waals surface area contributed by atoms with Gasteiger partial charge in [-0.2, -0.15) is 10.2 Å². The first-order chi connectivity index (χ1) is 12.1. The van der Waals surface area contributed by atoms with Crippen LogP contribution in [-0.4, -0.2) is 37.3 Å². The number of nitrogens with zero attached hydrogens (tertiary/aromatic N) is 4. The summed E-state index contributed by atoms with van der Waals surface area (Å²) in [6, 6.07) is 8.12. The number of fused-ring (bicyclic) bond motifs is 1. The highest BCUT2D eigenvalue weighted by Gasteiger charge is 2.25. The van der Waals surface area contributed by atoms with E-state index in [0.717, 1.165) is 41.2 Å². The van der Waals surface area contributed by atoms with Gasteiger partial charge in [-0.25, -0.2) is 0 Å². The van der Waals surface area contributed by atoms with Crippen LogP contribution in [-0.2, 0) is 24.8 Å². The van der Waals surface area contributed by atoms with Gasteiger partial charge in [0.1, 0.15) is 0 Å². The van der Waals surface area contributed by atoms with Gasteiger partial charge in [-0.3, -0.25) is 14.6 Å². The lowest BCUT2D eigenvalue weighted by atomic mass is 10.1. The fourth-order valence-electron chi connectivity index (χ4n) is 3.28. The molecule has 4 rings (SSSR count). The molecule has 7 heteroatoms. The number of benzene rings is 1. The van der Waals surface area contributed by atoms with E-state index in [2.05, 4.69) is 26.7 Å². The van der Waals surface area contributed by atoms with Gasteiger partial charge < -0.3 is 10.2 Å². The van der Waals surface area contributed by atoms with Crippen molar-refractivity contribution in [2.75, 3.05) is 11.9 Å². The van der Waals surface area contributed by atoms with Crippen LogP contribution in [0, 0.1) is 0 Å². The Morgan fingerprint density at radius 3 is 2.96 bits per heavy atom. The summed E-state index contributed by atoms with van der Waals surface area (Å²) in [6.07, 6.45) is 4.49.